The fourth-order valence-electron chi connectivity index (χ4n) is 3.27. The number of likely N-dealkylation sites (tertiary alicyclic amines) is 1. The topological polar surface area (TPSA) is 55.6 Å². The molecule has 0 bridgehead atoms. The molecule has 1 saturated heterocycles. The number of nitrogens with two attached hydrogens (primary N) is 1. The summed E-state index contributed by atoms with van der Waals surface area (Å²) in [6.07, 6.45) is 0. The molecule has 1 amide bonds. The number of benzene rings is 2. The summed E-state index contributed by atoms with van der Waals surface area (Å²) in [5, 5.41) is 0. The van der Waals surface area contributed by atoms with E-state index in [-0.39, 0.29) is 30.3 Å². The van der Waals surface area contributed by atoms with Crippen molar-refractivity contribution in [3.8, 4) is 5.75 Å². The standard InChI is InChI=1S/C20H24N2O2.ClH/c1-3-24-19-11-16(10-9-14(19)2)20(23)22-12-17(18(21)13-22)15-7-5-4-6-8-15;/h4-11,17-18H,3,12-13,21H2,1-2H3;1H/t17-,18+;/m0./s1. The van der Waals surface area contributed by atoms with Crippen LogP contribution in [0.15, 0.2) is 48.5 Å². The van der Waals surface area contributed by atoms with E-state index in [4.69, 9.17) is 10.5 Å². The van der Waals surface area contributed by atoms with Gasteiger partial charge in [0, 0.05) is 30.6 Å². The minimum atomic E-state index is -0.0341. The summed E-state index contributed by atoms with van der Waals surface area (Å²) in [4.78, 5) is 14.7. The second-order valence-electron chi connectivity index (χ2n) is 6.30. The number of hydrogen-bond donors (Lipinski definition) is 1. The highest BCUT2D eigenvalue weighted by Crippen LogP contribution is 2.28. The highest BCUT2D eigenvalue weighted by molar-refractivity contribution is 5.95. The van der Waals surface area contributed by atoms with Gasteiger partial charge in [0.1, 0.15) is 5.75 Å². The predicted octanol–water partition coefficient (Wildman–Crippen LogP) is 3.38. The molecule has 0 aromatic heterocycles. The van der Waals surface area contributed by atoms with Crippen molar-refractivity contribution in [3.63, 3.8) is 0 Å². The first-order valence-corrected chi connectivity index (χ1v) is 8.43. The van der Waals surface area contributed by atoms with E-state index in [1.807, 2.05) is 55.1 Å². The van der Waals surface area contributed by atoms with Gasteiger partial charge in [-0.2, -0.15) is 0 Å². The van der Waals surface area contributed by atoms with Crippen molar-refractivity contribution in [1.29, 1.82) is 0 Å². The van der Waals surface area contributed by atoms with Gasteiger partial charge in [-0.1, -0.05) is 36.4 Å². The zero-order valence-corrected chi connectivity index (χ0v) is 15.5. The maximum Gasteiger partial charge on any atom is 0.254 e. The molecule has 4 nitrogen and oxygen atoms in total. The second kappa shape index (κ2) is 8.37. The van der Waals surface area contributed by atoms with Crippen molar-refractivity contribution in [1.82, 2.24) is 4.90 Å². The predicted molar refractivity (Wildman–Crippen MR) is 103 cm³/mol. The molecule has 0 saturated carbocycles. The van der Waals surface area contributed by atoms with Crippen LogP contribution < -0.4 is 10.5 Å². The Hall–Kier alpha value is -2.04. The highest BCUT2D eigenvalue weighted by atomic mass is 35.5. The number of ether oxygens (including phenoxy) is 1. The van der Waals surface area contributed by atoms with Gasteiger partial charge in [-0.3, -0.25) is 4.79 Å². The van der Waals surface area contributed by atoms with Crippen molar-refractivity contribution in [2.75, 3.05) is 19.7 Å². The van der Waals surface area contributed by atoms with Crippen molar-refractivity contribution in [3.05, 3.63) is 65.2 Å². The minimum absolute atomic E-state index is 0. The third kappa shape index (κ3) is 4.14. The van der Waals surface area contributed by atoms with Crippen LogP contribution in [-0.2, 0) is 0 Å². The Morgan fingerprint density at radius 3 is 2.60 bits per heavy atom. The number of rotatable bonds is 4. The van der Waals surface area contributed by atoms with Crippen LogP contribution in [0.3, 0.4) is 0 Å². The molecule has 2 aromatic carbocycles. The van der Waals surface area contributed by atoms with Gasteiger partial charge < -0.3 is 15.4 Å². The first-order chi connectivity index (χ1) is 11.6. The average Bonchev–Trinajstić information content (AvgIpc) is 2.99. The number of nitrogens with zero attached hydrogens (tertiary/aromatic N) is 1. The first kappa shape index (κ1) is 19.3. The molecule has 3 rings (SSSR count). The largest absolute Gasteiger partial charge is 0.494 e. The maximum absolute atomic E-state index is 12.9. The Labute approximate surface area is 155 Å². The van der Waals surface area contributed by atoms with E-state index in [1.165, 1.54) is 5.56 Å². The Balaban J connectivity index is 0.00000225. The number of hydrogen-bond acceptors (Lipinski definition) is 3. The van der Waals surface area contributed by atoms with E-state index in [1.54, 1.807) is 0 Å². The van der Waals surface area contributed by atoms with E-state index >= 15 is 0 Å². The van der Waals surface area contributed by atoms with Crippen molar-refractivity contribution >= 4 is 18.3 Å². The third-order valence-electron chi connectivity index (χ3n) is 4.61. The van der Waals surface area contributed by atoms with Crippen LogP contribution >= 0.6 is 12.4 Å². The van der Waals surface area contributed by atoms with Gasteiger partial charge in [0.15, 0.2) is 0 Å². The zero-order valence-electron chi connectivity index (χ0n) is 14.6. The number of carbonyl (C=O) groups is 1. The number of amides is 1. The Morgan fingerprint density at radius 2 is 1.92 bits per heavy atom. The molecule has 1 fully saturated rings. The van der Waals surface area contributed by atoms with Gasteiger partial charge in [0.2, 0.25) is 0 Å². The molecule has 0 spiro atoms. The second-order valence-corrected chi connectivity index (χ2v) is 6.30. The van der Waals surface area contributed by atoms with Gasteiger partial charge in [-0.15, -0.1) is 12.4 Å². The summed E-state index contributed by atoms with van der Waals surface area (Å²) in [7, 11) is 0. The van der Waals surface area contributed by atoms with E-state index in [9.17, 15) is 4.79 Å². The van der Waals surface area contributed by atoms with E-state index in [0.717, 1.165) is 11.3 Å². The number of carbonyl (C=O) groups excluding carboxylic acids is 1. The molecule has 134 valence electrons. The van der Waals surface area contributed by atoms with Crippen LogP contribution in [0.4, 0.5) is 0 Å². The summed E-state index contributed by atoms with van der Waals surface area (Å²) < 4.78 is 5.61. The Kier molecular flexibility index (Phi) is 6.45. The lowest BCUT2D eigenvalue weighted by molar-refractivity contribution is 0.0788. The normalized spacial score (nSPS) is 19.4. The fraction of sp³-hybridized carbons (Fsp3) is 0.350. The third-order valence-corrected chi connectivity index (χ3v) is 4.61. The molecule has 1 aliphatic heterocycles. The number of halogens is 1. The summed E-state index contributed by atoms with van der Waals surface area (Å²) >= 11 is 0. The summed E-state index contributed by atoms with van der Waals surface area (Å²) in [5.74, 6) is 0.975. The van der Waals surface area contributed by atoms with Crippen LogP contribution in [0.1, 0.15) is 34.3 Å². The van der Waals surface area contributed by atoms with E-state index < -0.39 is 0 Å². The summed E-state index contributed by atoms with van der Waals surface area (Å²) in [6, 6.07) is 15.8. The molecule has 2 atom stereocenters. The van der Waals surface area contributed by atoms with Crippen molar-refractivity contribution in [2.45, 2.75) is 25.8 Å². The van der Waals surface area contributed by atoms with Crippen LogP contribution in [0.2, 0.25) is 0 Å². The SMILES string of the molecule is CCOc1cc(C(=O)N2C[C@@H](N)[C@H](c3ccccc3)C2)ccc1C.Cl. The summed E-state index contributed by atoms with van der Waals surface area (Å²) in [6.45, 7) is 5.75. The average molecular weight is 361 g/mol. The monoisotopic (exact) mass is 360 g/mol. The lowest BCUT2D eigenvalue weighted by atomic mass is 9.95. The zero-order chi connectivity index (χ0) is 17.1. The quantitative estimate of drug-likeness (QED) is 0.909. The number of aryl methyl sites for hydroxylation is 1. The molecule has 0 aliphatic carbocycles. The van der Waals surface area contributed by atoms with Gasteiger partial charge in [-0.25, -0.2) is 0 Å². The summed E-state index contributed by atoms with van der Waals surface area (Å²) in [5.41, 5.74) is 9.19. The van der Waals surface area contributed by atoms with Crippen LogP contribution in [0.5, 0.6) is 5.75 Å². The molecular formula is C20H25ClN2O2. The molecular weight excluding hydrogens is 336 g/mol. The Morgan fingerprint density at radius 1 is 1.20 bits per heavy atom. The Bertz CT molecular complexity index is 721. The first-order valence-electron chi connectivity index (χ1n) is 8.43. The van der Waals surface area contributed by atoms with Crippen LogP contribution in [0.25, 0.3) is 0 Å². The van der Waals surface area contributed by atoms with Gasteiger partial charge in [-0.05, 0) is 37.1 Å². The highest BCUT2D eigenvalue weighted by Gasteiger charge is 2.34. The molecule has 25 heavy (non-hydrogen) atoms. The molecule has 5 heteroatoms. The van der Waals surface area contributed by atoms with Crippen LogP contribution in [-0.4, -0.2) is 36.5 Å². The maximum atomic E-state index is 12.9. The fourth-order valence-corrected chi connectivity index (χ4v) is 3.27. The molecule has 2 N–H and O–H groups in total. The molecule has 0 unspecified atom stereocenters. The van der Waals surface area contributed by atoms with Gasteiger partial charge >= 0.3 is 0 Å². The lowest BCUT2D eigenvalue weighted by Crippen LogP contribution is -2.32. The molecule has 0 radical (unpaired) electrons. The smallest absolute Gasteiger partial charge is 0.254 e. The minimum Gasteiger partial charge on any atom is -0.494 e. The molecule has 1 aliphatic rings. The van der Waals surface area contributed by atoms with Gasteiger partial charge in [0.05, 0.1) is 6.61 Å². The lowest BCUT2D eigenvalue weighted by Gasteiger charge is -2.17. The van der Waals surface area contributed by atoms with Crippen LogP contribution in [0, 0.1) is 6.92 Å². The van der Waals surface area contributed by atoms with Crippen molar-refractivity contribution in [2.24, 2.45) is 5.73 Å². The molecule has 1 heterocycles. The van der Waals surface area contributed by atoms with Gasteiger partial charge in [0.25, 0.3) is 5.91 Å². The van der Waals surface area contributed by atoms with E-state index in [2.05, 4.69) is 12.1 Å². The molecule has 2 aromatic rings. The van der Waals surface area contributed by atoms with Crippen molar-refractivity contribution < 1.29 is 9.53 Å². The van der Waals surface area contributed by atoms with E-state index in [0.29, 0.717) is 25.3 Å².